The zero-order chi connectivity index (χ0) is 24.3. The van der Waals surface area contributed by atoms with E-state index in [2.05, 4.69) is 20.6 Å². The standard InChI is InChI=1S/C20H20FN7O4S/c1-28(2)19(30)11-7-8-13(21)15(9-11)26-20-24-10-12(17(22)29)18(27-20)25-14-5-3-4-6-16(14)33(23,31)32/h3-10H,1-2H3,(H2,22,29)(H2,23,31,32)(H2,24,25,26,27). The van der Waals surface area contributed by atoms with E-state index in [1.165, 1.54) is 35.2 Å². The van der Waals surface area contributed by atoms with Crippen molar-refractivity contribution in [2.45, 2.75) is 4.90 Å². The number of carbonyl (C=O) groups is 2. The zero-order valence-corrected chi connectivity index (χ0v) is 18.4. The highest BCUT2D eigenvalue weighted by Crippen LogP contribution is 2.27. The summed E-state index contributed by atoms with van der Waals surface area (Å²) in [4.78, 5) is 33.2. The van der Waals surface area contributed by atoms with Gasteiger partial charge in [0.15, 0.2) is 0 Å². The number of nitrogens with zero attached hydrogens (tertiary/aromatic N) is 3. The molecule has 0 saturated heterocycles. The van der Waals surface area contributed by atoms with Gasteiger partial charge in [0.1, 0.15) is 22.1 Å². The van der Waals surface area contributed by atoms with Crippen LogP contribution in [0.2, 0.25) is 0 Å². The first-order chi connectivity index (χ1) is 15.5. The monoisotopic (exact) mass is 473 g/mol. The first kappa shape index (κ1) is 23.6. The van der Waals surface area contributed by atoms with Crippen molar-refractivity contribution in [3.63, 3.8) is 0 Å². The van der Waals surface area contributed by atoms with Gasteiger partial charge in [-0.3, -0.25) is 9.59 Å². The highest BCUT2D eigenvalue weighted by Gasteiger charge is 2.19. The summed E-state index contributed by atoms with van der Waals surface area (Å²) in [6, 6.07) is 9.42. The molecule has 0 aliphatic rings. The summed E-state index contributed by atoms with van der Waals surface area (Å²) < 4.78 is 38.1. The van der Waals surface area contributed by atoms with Crippen molar-refractivity contribution in [1.82, 2.24) is 14.9 Å². The van der Waals surface area contributed by atoms with E-state index in [-0.39, 0.29) is 45.1 Å². The normalized spacial score (nSPS) is 11.0. The number of aromatic nitrogens is 2. The summed E-state index contributed by atoms with van der Waals surface area (Å²) in [5.41, 5.74) is 5.39. The molecule has 3 rings (SSSR count). The summed E-state index contributed by atoms with van der Waals surface area (Å²) in [5, 5.41) is 10.6. The number of primary sulfonamides is 1. The minimum Gasteiger partial charge on any atom is -0.365 e. The number of carbonyl (C=O) groups excluding carboxylic acids is 2. The van der Waals surface area contributed by atoms with E-state index in [1.54, 1.807) is 20.2 Å². The number of nitrogens with one attached hydrogen (secondary N) is 2. The van der Waals surface area contributed by atoms with E-state index in [0.29, 0.717) is 0 Å². The molecule has 6 N–H and O–H groups in total. The molecule has 172 valence electrons. The van der Waals surface area contributed by atoms with Gasteiger partial charge in [-0.15, -0.1) is 0 Å². The smallest absolute Gasteiger partial charge is 0.254 e. The van der Waals surface area contributed by atoms with Crippen molar-refractivity contribution in [2.24, 2.45) is 10.9 Å². The molecule has 0 saturated carbocycles. The van der Waals surface area contributed by atoms with Crippen LogP contribution >= 0.6 is 0 Å². The summed E-state index contributed by atoms with van der Waals surface area (Å²) in [5.74, 6) is -2.20. The number of hydrogen-bond donors (Lipinski definition) is 4. The van der Waals surface area contributed by atoms with Crippen LogP contribution in [0.5, 0.6) is 0 Å². The lowest BCUT2D eigenvalue weighted by Gasteiger charge is -2.15. The van der Waals surface area contributed by atoms with E-state index >= 15 is 0 Å². The van der Waals surface area contributed by atoms with Crippen molar-refractivity contribution in [1.29, 1.82) is 0 Å². The molecule has 0 atom stereocenters. The maximum atomic E-state index is 14.3. The van der Waals surface area contributed by atoms with Crippen LogP contribution in [-0.4, -0.2) is 49.2 Å². The number of para-hydroxylation sites is 1. The number of benzene rings is 2. The molecular formula is C20H20FN7O4S. The molecular weight excluding hydrogens is 453 g/mol. The Morgan fingerprint density at radius 1 is 1.06 bits per heavy atom. The van der Waals surface area contributed by atoms with Crippen molar-refractivity contribution in [3.05, 3.63) is 65.6 Å². The van der Waals surface area contributed by atoms with Crippen molar-refractivity contribution < 1.29 is 22.4 Å². The zero-order valence-electron chi connectivity index (χ0n) is 17.5. The third kappa shape index (κ3) is 5.39. The molecule has 0 unspecified atom stereocenters. The quantitative estimate of drug-likeness (QED) is 0.400. The van der Waals surface area contributed by atoms with Crippen LogP contribution in [0.4, 0.5) is 27.5 Å². The van der Waals surface area contributed by atoms with Gasteiger partial charge in [-0.25, -0.2) is 22.9 Å². The highest BCUT2D eigenvalue weighted by atomic mass is 32.2. The third-order valence-electron chi connectivity index (χ3n) is 4.37. The average Bonchev–Trinajstić information content (AvgIpc) is 2.74. The predicted molar refractivity (Wildman–Crippen MR) is 119 cm³/mol. The van der Waals surface area contributed by atoms with Crippen LogP contribution in [-0.2, 0) is 10.0 Å². The second-order valence-corrected chi connectivity index (χ2v) is 8.54. The van der Waals surface area contributed by atoms with E-state index in [9.17, 15) is 22.4 Å². The van der Waals surface area contributed by atoms with Gasteiger partial charge in [0.2, 0.25) is 16.0 Å². The van der Waals surface area contributed by atoms with Gasteiger partial charge >= 0.3 is 0 Å². The first-order valence-corrected chi connectivity index (χ1v) is 10.9. The number of nitrogens with two attached hydrogens (primary N) is 2. The van der Waals surface area contributed by atoms with Gasteiger partial charge in [0.25, 0.3) is 11.8 Å². The molecule has 0 fully saturated rings. The minimum absolute atomic E-state index is 0.0388. The van der Waals surface area contributed by atoms with Crippen molar-refractivity contribution >= 4 is 45.0 Å². The van der Waals surface area contributed by atoms with Crippen LogP contribution in [0.15, 0.2) is 53.6 Å². The fourth-order valence-corrected chi connectivity index (χ4v) is 3.49. The molecule has 2 aromatic carbocycles. The van der Waals surface area contributed by atoms with E-state index in [1.807, 2.05) is 0 Å². The Labute approximate surface area is 188 Å². The lowest BCUT2D eigenvalue weighted by atomic mass is 10.1. The summed E-state index contributed by atoms with van der Waals surface area (Å²) in [7, 11) is -0.980. The fraction of sp³-hybridized carbons (Fsp3) is 0.100. The summed E-state index contributed by atoms with van der Waals surface area (Å²) >= 11 is 0. The van der Waals surface area contributed by atoms with Crippen LogP contribution in [0.3, 0.4) is 0 Å². The third-order valence-corrected chi connectivity index (χ3v) is 5.34. The van der Waals surface area contributed by atoms with E-state index in [4.69, 9.17) is 10.9 Å². The molecule has 13 heteroatoms. The second-order valence-electron chi connectivity index (χ2n) is 7.01. The highest BCUT2D eigenvalue weighted by molar-refractivity contribution is 7.89. The van der Waals surface area contributed by atoms with E-state index in [0.717, 1.165) is 12.3 Å². The number of primary amides is 1. The number of hydrogen-bond acceptors (Lipinski definition) is 8. The number of amides is 2. The number of anilines is 4. The van der Waals surface area contributed by atoms with Gasteiger partial charge in [-0.2, -0.15) is 4.98 Å². The molecule has 2 amide bonds. The predicted octanol–water partition coefficient (Wildman–Crippen LogP) is 1.55. The van der Waals surface area contributed by atoms with Crippen molar-refractivity contribution in [3.8, 4) is 0 Å². The maximum Gasteiger partial charge on any atom is 0.254 e. The molecule has 0 aliphatic carbocycles. The van der Waals surface area contributed by atoms with Crippen molar-refractivity contribution in [2.75, 3.05) is 24.7 Å². The van der Waals surface area contributed by atoms with Crippen LogP contribution in [0, 0.1) is 5.82 Å². The molecule has 0 aliphatic heterocycles. The Balaban J connectivity index is 2.02. The fourth-order valence-electron chi connectivity index (χ4n) is 2.80. The minimum atomic E-state index is -4.09. The largest absolute Gasteiger partial charge is 0.365 e. The molecule has 1 heterocycles. The van der Waals surface area contributed by atoms with Gasteiger partial charge < -0.3 is 21.3 Å². The Kier molecular flexibility index (Phi) is 6.55. The summed E-state index contributed by atoms with van der Waals surface area (Å²) in [6.45, 7) is 0. The SMILES string of the molecule is CN(C)C(=O)c1ccc(F)c(Nc2ncc(C(N)=O)c(Nc3ccccc3S(N)(=O)=O)n2)c1. The van der Waals surface area contributed by atoms with Crippen LogP contribution < -0.4 is 21.5 Å². The Bertz CT molecular complexity index is 1350. The van der Waals surface area contributed by atoms with Gasteiger partial charge in [0, 0.05) is 25.9 Å². The van der Waals surface area contributed by atoms with E-state index < -0.39 is 21.7 Å². The maximum absolute atomic E-state index is 14.3. The number of halogens is 1. The van der Waals surface area contributed by atoms with Crippen LogP contribution in [0.1, 0.15) is 20.7 Å². The topological polar surface area (TPSA) is 173 Å². The lowest BCUT2D eigenvalue weighted by molar-refractivity contribution is 0.0827. The Hall–Kier alpha value is -4.10. The lowest BCUT2D eigenvalue weighted by Crippen LogP contribution is -2.21. The molecule has 3 aromatic rings. The Morgan fingerprint density at radius 2 is 1.76 bits per heavy atom. The Morgan fingerprint density at radius 3 is 2.39 bits per heavy atom. The molecule has 0 bridgehead atoms. The molecule has 1 aromatic heterocycles. The second kappa shape index (κ2) is 9.18. The molecule has 33 heavy (non-hydrogen) atoms. The van der Waals surface area contributed by atoms with Gasteiger partial charge in [-0.05, 0) is 30.3 Å². The average molecular weight is 473 g/mol. The summed E-state index contributed by atoms with van der Waals surface area (Å²) in [6.07, 6.45) is 1.09. The number of rotatable bonds is 7. The molecule has 0 spiro atoms. The first-order valence-electron chi connectivity index (χ1n) is 9.31. The van der Waals surface area contributed by atoms with Gasteiger partial charge in [-0.1, -0.05) is 12.1 Å². The van der Waals surface area contributed by atoms with Crippen LogP contribution in [0.25, 0.3) is 0 Å². The number of sulfonamides is 1. The van der Waals surface area contributed by atoms with Gasteiger partial charge in [0.05, 0.1) is 11.4 Å². The molecule has 0 radical (unpaired) electrons. The molecule has 11 nitrogen and oxygen atoms in total.